The molecule has 3 N–H and O–H groups in total. The number of hydrogen-bond acceptors (Lipinski definition) is 5. The van der Waals surface area contributed by atoms with Crippen molar-refractivity contribution < 1.29 is 12.9 Å². The first kappa shape index (κ1) is 12.4. The number of aromatic nitrogens is 1. The fourth-order valence-corrected chi connectivity index (χ4v) is 2.99. The molecule has 0 aliphatic heterocycles. The van der Waals surface area contributed by atoms with Crippen LogP contribution in [0.5, 0.6) is 0 Å². The van der Waals surface area contributed by atoms with Gasteiger partial charge in [-0.2, -0.15) is 0 Å². The molecule has 0 saturated heterocycles. The van der Waals surface area contributed by atoms with E-state index in [-0.39, 0.29) is 16.4 Å². The van der Waals surface area contributed by atoms with E-state index in [1.807, 2.05) is 0 Å². The smallest absolute Gasteiger partial charge is 0.265 e. The van der Waals surface area contributed by atoms with Gasteiger partial charge in [0.15, 0.2) is 5.82 Å². The minimum Gasteiger partial charge on any atom is -0.398 e. The molecule has 0 unspecified atom stereocenters. The summed E-state index contributed by atoms with van der Waals surface area (Å²) in [4.78, 5) is 0.0608. The molecular weight excluding hydrogens is 254 g/mol. The molecule has 6 nitrogen and oxygen atoms in total. The standard InChI is InChI=1S/C11H13N3O3S/c1-7-4-3-5-9(12)11(7)18(15,16)14-10-6-8(2)17-13-10/h3-6H,12H2,1-2H3,(H,13,14). The summed E-state index contributed by atoms with van der Waals surface area (Å²) in [6.45, 7) is 3.35. The van der Waals surface area contributed by atoms with Crippen LogP contribution in [0.25, 0.3) is 0 Å². The van der Waals surface area contributed by atoms with Gasteiger partial charge in [-0.3, -0.25) is 4.72 Å². The predicted molar refractivity (Wildman–Crippen MR) is 67.6 cm³/mol. The number of nitrogens with two attached hydrogens (primary N) is 1. The van der Waals surface area contributed by atoms with Crippen molar-refractivity contribution >= 4 is 21.5 Å². The number of nitrogens with one attached hydrogen (secondary N) is 1. The van der Waals surface area contributed by atoms with E-state index in [4.69, 9.17) is 10.3 Å². The van der Waals surface area contributed by atoms with E-state index in [0.29, 0.717) is 11.3 Å². The Labute approximate surface area is 105 Å². The summed E-state index contributed by atoms with van der Waals surface area (Å²) in [5, 5.41) is 3.58. The summed E-state index contributed by atoms with van der Waals surface area (Å²) in [7, 11) is -3.76. The van der Waals surface area contributed by atoms with Gasteiger partial charge in [-0.15, -0.1) is 0 Å². The molecule has 96 valence electrons. The van der Waals surface area contributed by atoms with Gasteiger partial charge in [0.25, 0.3) is 10.0 Å². The first-order valence-corrected chi connectivity index (χ1v) is 6.70. The van der Waals surface area contributed by atoms with Crippen molar-refractivity contribution in [2.75, 3.05) is 10.5 Å². The lowest BCUT2D eigenvalue weighted by molar-refractivity contribution is 0.400. The molecule has 2 rings (SSSR count). The Kier molecular flexibility index (Phi) is 3.00. The molecule has 1 aromatic carbocycles. The largest absolute Gasteiger partial charge is 0.398 e. The molecule has 0 amide bonds. The Morgan fingerprint density at radius 3 is 2.61 bits per heavy atom. The number of nitrogens with zero attached hydrogens (tertiary/aromatic N) is 1. The molecule has 1 aromatic heterocycles. The summed E-state index contributed by atoms with van der Waals surface area (Å²) in [5.41, 5.74) is 6.47. The van der Waals surface area contributed by atoms with E-state index in [1.54, 1.807) is 26.0 Å². The van der Waals surface area contributed by atoms with Crippen LogP contribution in [0.1, 0.15) is 11.3 Å². The number of benzene rings is 1. The number of anilines is 2. The quantitative estimate of drug-likeness (QED) is 0.824. The maximum absolute atomic E-state index is 12.2. The van der Waals surface area contributed by atoms with Crippen LogP contribution in [0.4, 0.5) is 11.5 Å². The third-order valence-electron chi connectivity index (χ3n) is 2.38. The third kappa shape index (κ3) is 2.30. The van der Waals surface area contributed by atoms with Crippen LogP contribution in [-0.4, -0.2) is 13.6 Å². The molecule has 0 spiro atoms. The van der Waals surface area contributed by atoms with Gasteiger partial charge in [0, 0.05) is 6.07 Å². The molecule has 1 heterocycles. The molecule has 0 aliphatic carbocycles. The van der Waals surface area contributed by atoms with Gasteiger partial charge >= 0.3 is 0 Å². The molecule has 18 heavy (non-hydrogen) atoms. The van der Waals surface area contributed by atoms with Crippen LogP contribution in [0.15, 0.2) is 33.7 Å². The van der Waals surface area contributed by atoms with E-state index >= 15 is 0 Å². The highest BCUT2D eigenvalue weighted by Gasteiger charge is 2.21. The number of sulfonamides is 1. The van der Waals surface area contributed by atoms with Crippen molar-refractivity contribution in [3.63, 3.8) is 0 Å². The molecule has 0 bridgehead atoms. The Bertz CT molecular complexity index is 656. The van der Waals surface area contributed by atoms with Crippen molar-refractivity contribution in [3.05, 3.63) is 35.6 Å². The lowest BCUT2D eigenvalue weighted by Gasteiger charge is -2.10. The van der Waals surface area contributed by atoms with Crippen molar-refractivity contribution in [1.29, 1.82) is 0 Å². The molecule has 0 atom stereocenters. The molecule has 0 fully saturated rings. The molecule has 7 heteroatoms. The van der Waals surface area contributed by atoms with E-state index in [9.17, 15) is 8.42 Å². The first-order valence-electron chi connectivity index (χ1n) is 5.21. The Morgan fingerprint density at radius 1 is 1.33 bits per heavy atom. The summed E-state index contributed by atoms with van der Waals surface area (Å²) < 4.78 is 31.5. The minimum atomic E-state index is -3.76. The second-order valence-corrected chi connectivity index (χ2v) is 5.54. The van der Waals surface area contributed by atoms with Gasteiger partial charge in [0.2, 0.25) is 0 Å². The number of aryl methyl sites for hydroxylation is 2. The normalized spacial score (nSPS) is 11.4. The number of rotatable bonds is 3. The van der Waals surface area contributed by atoms with Gasteiger partial charge in [-0.1, -0.05) is 17.3 Å². The van der Waals surface area contributed by atoms with Gasteiger partial charge in [-0.25, -0.2) is 8.42 Å². The highest BCUT2D eigenvalue weighted by atomic mass is 32.2. The fourth-order valence-electron chi connectivity index (χ4n) is 1.65. The highest BCUT2D eigenvalue weighted by molar-refractivity contribution is 7.93. The van der Waals surface area contributed by atoms with Gasteiger partial charge < -0.3 is 10.3 Å². The monoisotopic (exact) mass is 267 g/mol. The summed E-state index contributed by atoms with van der Waals surface area (Å²) in [5.74, 6) is 0.653. The maximum Gasteiger partial charge on any atom is 0.265 e. The predicted octanol–water partition coefficient (Wildman–Crippen LogP) is 1.67. The van der Waals surface area contributed by atoms with E-state index in [0.717, 1.165) is 0 Å². The van der Waals surface area contributed by atoms with Crippen LogP contribution in [0, 0.1) is 13.8 Å². The third-order valence-corrected chi connectivity index (χ3v) is 3.95. The topological polar surface area (TPSA) is 98.2 Å². The lowest BCUT2D eigenvalue weighted by atomic mass is 10.2. The molecule has 0 saturated carbocycles. The van der Waals surface area contributed by atoms with Gasteiger partial charge in [0.1, 0.15) is 10.7 Å². The zero-order valence-corrected chi connectivity index (χ0v) is 10.8. The zero-order chi connectivity index (χ0) is 13.3. The molecule has 2 aromatic rings. The fraction of sp³-hybridized carbons (Fsp3) is 0.182. The van der Waals surface area contributed by atoms with Crippen LogP contribution in [-0.2, 0) is 10.0 Å². The number of nitrogen functional groups attached to an aromatic ring is 1. The van der Waals surface area contributed by atoms with E-state index < -0.39 is 10.0 Å². The van der Waals surface area contributed by atoms with Crippen LogP contribution in [0.2, 0.25) is 0 Å². The van der Waals surface area contributed by atoms with Gasteiger partial charge in [-0.05, 0) is 25.5 Å². The molecule has 0 radical (unpaired) electrons. The van der Waals surface area contributed by atoms with Crippen molar-refractivity contribution in [2.24, 2.45) is 0 Å². The number of hydrogen-bond donors (Lipinski definition) is 2. The van der Waals surface area contributed by atoms with E-state index in [2.05, 4.69) is 9.88 Å². The molecule has 0 aliphatic rings. The summed E-state index contributed by atoms with van der Waals surface area (Å²) >= 11 is 0. The average molecular weight is 267 g/mol. The summed E-state index contributed by atoms with van der Waals surface area (Å²) in [6, 6.07) is 6.41. The van der Waals surface area contributed by atoms with Crippen molar-refractivity contribution in [2.45, 2.75) is 18.7 Å². The highest BCUT2D eigenvalue weighted by Crippen LogP contribution is 2.24. The Balaban J connectivity index is 2.43. The second-order valence-electron chi connectivity index (χ2n) is 3.92. The Morgan fingerprint density at radius 2 is 2.06 bits per heavy atom. The Hall–Kier alpha value is -2.02. The lowest BCUT2D eigenvalue weighted by Crippen LogP contribution is -2.16. The SMILES string of the molecule is Cc1cc(NS(=O)(=O)c2c(C)cccc2N)no1. The second kappa shape index (κ2) is 4.34. The van der Waals surface area contributed by atoms with Crippen LogP contribution in [0.3, 0.4) is 0 Å². The van der Waals surface area contributed by atoms with E-state index in [1.165, 1.54) is 12.1 Å². The van der Waals surface area contributed by atoms with Crippen molar-refractivity contribution in [1.82, 2.24) is 5.16 Å². The maximum atomic E-state index is 12.2. The average Bonchev–Trinajstić information content (AvgIpc) is 2.62. The van der Waals surface area contributed by atoms with Crippen LogP contribution >= 0.6 is 0 Å². The minimum absolute atomic E-state index is 0.0608. The van der Waals surface area contributed by atoms with Crippen molar-refractivity contribution in [3.8, 4) is 0 Å². The van der Waals surface area contributed by atoms with Crippen LogP contribution < -0.4 is 10.5 Å². The summed E-state index contributed by atoms with van der Waals surface area (Å²) in [6.07, 6.45) is 0. The molecular formula is C11H13N3O3S. The first-order chi connectivity index (χ1) is 8.40. The van der Waals surface area contributed by atoms with Gasteiger partial charge in [0.05, 0.1) is 5.69 Å². The zero-order valence-electron chi connectivity index (χ0n) is 9.97.